The molecule has 0 unspecified atom stereocenters. The largest absolute Gasteiger partial charge is 0.369 e. The van der Waals surface area contributed by atoms with Gasteiger partial charge < -0.3 is 10.1 Å². The van der Waals surface area contributed by atoms with Gasteiger partial charge in [-0.3, -0.25) is 0 Å². The fourth-order valence-electron chi connectivity index (χ4n) is 0.607. The average molecular weight is 189 g/mol. The van der Waals surface area contributed by atoms with Crippen LogP contribution >= 0.6 is 0 Å². The van der Waals surface area contributed by atoms with E-state index in [1.165, 1.54) is 7.05 Å². The Morgan fingerprint density at radius 3 is 2.42 bits per heavy atom. The highest BCUT2D eigenvalue weighted by atomic mass is 19.3. The monoisotopic (exact) mass is 189 g/mol. The number of halogens is 4. The summed E-state index contributed by atoms with van der Waals surface area (Å²) in [7, 11) is 1.35. The van der Waals surface area contributed by atoms with Gasteiger partial charge in [-0.2, -0.15) is 0 Å². The molecule has 1 N–H and O–H groups in total. The molecule has 0 rings (SSSR count). The Morgan fingerprint density at radius 2 is 2.00 bits per heavy atom. The Balaban J connectivity index is 3.46. The summed E-state index contributed by atoms with van der Waals surface area (Å²) >= 11 is 0. The summed E-state index contributed by atoms with van der Waals surface area (Å²) in [6.07, 6.45) is -2.70. The quantitative estimate of drug-likeness (QED) is 0.632. The predicted molar refractivity (Wildman–Crippen MR) is 35.7 cm³/mol. The van der Waals surface area contributed by atoms with Gasteiger partial charge in [-0.25, -0.2) is 17.6 Å². The molecule has 0 amide bonds. The van der Waals surface area contributed by atoms with Crippen molar-refractivity contribution in [1.29, 1.82) is 0 Å². The van der Waals surface area contributed by atoms with Crippen molar-refractivity contribution < 1.29 is 22.3 Å². The van der Waals surface area contributed by atoms with Crippen LogP contribution in [0.1, 0.15) is 0 Å². The Kier molecular flexibility index (Phi) is 5.16. The van der Waals surface area contributed by atoms with Crippen molar-refractivity contribution in [3.05, 3.63) is 0 Å². The molecule has 0 fully saturated rings. The van der Waals surface area contributed by atoms with E-state index in [1.54, 1.807) is 0 Å². The first kappa shape index (κ1) is 11.6. The summed E-state index contributed by atoms with van der Waals surface area (Å²) < 4.78 is 51.8. The van der Waals surface area contributed by atoms with Gasteiger partial charge in [0.1, 0.15) is 13.2 Å². The number of alkyl halides is 4. The van der Waals surface area contributed by atoms with Gasteiger partial charge >= 0.3 is 0 Å². The predicted octanol–water partition coefficient (Wildman–Crippen LogP) is 1.12. The molecular formula is C6H11F4NO. The third kappa shape index (κ3) is 6.36. The third-order valence-corrected chi connectivity index (χ3v) is 0.992. The lowest BCUT2D eigenvalue weighted by Crippen LogP contribution is -2.35. The van der Waals surface area contributed by atoms with E-state index in [4.69, 9.17) is 0 Å². The first-order valence-electron chi connectivity index (χ1n) is 3.36. The van der Waals surface area contributed by atoms with Crippen molar-refractivity contribution in [3.8, 4) is 0 Å². The first-order valence-corrected chi connectivity index (χ1v) is 3.36. The second-order valence-electron chi connectivity index (χ2n) is 2.29. The van der Waals surface area contributed by atoms with Gasteiger partial charge in [0.2, 0.25) is 0 Å². The number of rotatable bonds is 6. The minimum Gasteiger partial charge on any atom is -0.369 e. The summed E-state index contributed by atoms with van der Waals surface area (Å²) in [5.74, 6) is -3.08. The fourth-order valence-corrected chi connectivity index (χ4v) is 0.607. The second-order valence-corrected chi connectivity index (χ2v) is 2.29. The second kappa shape index (κ2) is 5.31. The minimum atomic E-state index is -3.08. The molecule has 12 heavy (non-hydrogen) atoms. The molecule has 0 aromatic carbocycles. The maximum atomic E-state index is 12.4. The zero-order valence-corrected chi connectivity index (χ0v) is 6.62. The lowest BCUT2D eigenvalue weighted by molar-refractivity contribution is -0.0928. The molecular weight excluding hydrogens is 178 g/mol. The highest BCUT2D eigenvalue weighted by Gasteiger charge is 2.28. The molecule has 0 aromatic rings. The van der Waals surface area contributed by atoms with Crippen LogP contribution in [-0.2, 0) is 4.74 Å². The van der Waals surface area contributed by atoms with Gasteiger partial charge in [0.05, 0.1) is 6.54 Å². The zero-order valence-electron chi connectivity index (χ0n) is 6.62. The average Bonchev–Trinajstić information content (AvgIpc) is 1.85. The van der Waals surface area contributed by atoms with E-state index in [0.717, 1.165) is 0 Å². The van der Waals surface area contributed by atoms with E-state index in [1.807, 2.05) is 0 Å². The van der Waals surface area contributed by atoms with E-state index in [9.17, 15) is 17.6 Å². The van der Waals surface area contributed by atoms with Crippen LogP contribution in [0.5, 0.6) is 0 Å². The molecule has 2 nitrogen and oxygen atoms in total. The van der Waals surface area contributed by atoms with Crippen LogP contribution in [0, 0.1) is 0 Å². The van der Waals surface area contributed by atoms with Crippen LogP contribution < -0.4 is 5.32 Å². The highest BCUT2D eigenvalue weighted by molar-refractivity contribution is 4.66. The molecule has 0 aliphatic carbocycles. The molecule has 0 heterocycles. The van der Waals surface area contributed by atoms with Crippen molar-refractivity contribution in [2.75, 3.05) is 26.8 Å². The molecule has 0 aliphatic heterocycles. The van der Waals surface area contributed by atoms with E-state index >= 15 is 0 Å². The lowest BCUT2D eigenvalue weighted by atomic mass is 10.3. The van der Waals surface area contributed by atoms with E-state index in [-0.39, 0.29) is 0 Å². The normalized spacial score (nSPS) is 12.5. The van der Waals surface area contributed by atoms with Crippen LogP contribution in [0.2, 0.25) is 0 Å². The number of ether oxygens (including phenoxy) is 1. The van der Waals surface area contributed by atoms with E-state index in [0.29, 0.717) is 0 Å². The molecule has 0 saturated carbocycles. The number of hydrogen-bond donors (Lipinski definition) is 1. The highest BCUT2D eigenvalue weighted by Crippen LogP contribution is 2.12. The van der Waals surface area contributed by atoms with Gasteiger partial charge in [-0.1, -0.05) is 0 Å². The summed E-state index contributed by atoms with van der Waals surface area (Å²) in [5, 5.41) is 2.23. The first-order chi connectivity index (χ1) is 5.48. The van der Waals surface area contributed by atoms with Crippen LogP contribution in [0.15, 0.2) is 0 Å². The maximum absolute atomic E-state index is 12.4. The van der Waals surface area contributed by atoms with Crippen LogP contribution in [0.4, 0.5) is 17.6 Å². The minimum absolute atomic E-state index is 0.573. The smallest absolute Gasteiger partial charge is 0.283 e. The standard InChI is InChI=1S/C6H11F4NO/c1-11-3-6(9,10)4-12-2-5(7)8/h5,11H,2-4H2,1H3. The van der Waals surface area contributed by atoms with E-state index < -0.39 is 32.1 Å². The van der Waals surface area contributed by atoms with Crippen molar-refractivity contribution in [2.24, 2.45) is 0 Å². The van der Waals surface area contributed by atoms with Crippen molar-refractivity contribution in [1.82, 2.24) is 5.32 Å². The Morgan fingerprint density at radius 1 is 1.42 bits per heavy atom. The molecule has 74 valence electrons. The Bertz CT molecular complexity index is 120. The molecule has 0 spiro atoms. The summed E-state index contributed by atoms with van der Waals surface area (Å²) in [4.78, 5) is 0. The van der Waals surface area contributed by atoms with Crippen LogP contribution in [0.3, 0.4) is 0 Å². The molecule has 6 heteroatoms. The molecule has 0 bridgehead atoms. The Labute approximate surface area is 67.9 Å². The molecule has 0 aromatic heterocycles. The molecule has 0 saturated heterocycles. The summed E-state index contributed by atoms with van der Waals surface area (Å²) in [5.41, 5.74) is 0. The summed E-state index contributed by atoms with van der Waals surface area (Å²) in [6, 6.07) is 0. The number of nitrogens with one attached hydrogen (secondary N) is 1. The van der Waals surface area contributed by atoms with Gasteiger partial charge in [-0.05, 0) is 7.05 Å². The number of hydrogen-bond acceptors (Lipinski definition) is 2. The Hall–Kier alpha value is -0.360. The molecule has 0 aliphatic rings. The summed E-state index contributed by atoms with van der Waals surface area (Å²) in [6.45, 7) is -2.49. The van der Waals surface area contributed by atoms with Gasteiger partial charge in [0, 0.05) is 0 Å². The lowest BCUT2D eigenvalue weighted by Gasteiger charge is -2.15. The van der Waals surface area contributed by atoms with Crippen molar-refractivity contribution in [2.45, 2.75) is 12.3 Å². The van der Waals surface area contributed by atoms with Crippen molar-refractivity contribution in [3.63, 3.8) is 0 Å². The van der Waals surface area contributed by atoms with Crippen LogP contribution in [-0.4, -0.2) is 39.2 Å². The zero-order chi connectivity index (χ0) is 9.61. The molecule has 0 radical (unpaired) electrons. The van der Waals surface area contributed by atoms with Gasteiger partial charge in [0.25, 0.3) is 12.3 Å². The van der Waals surface area contributed by atoms with Gasteiger partial charge in [-0.15, -0.1) is 0 Å². The van der Waals surface area contributed by atoms with Crippen LogP contribution in [0.25, 0.3) is 0 Å². The maximum Gasteiger partial charge on any atom is 0.283 e. The topological polar surface area (TPSA) is 21.3 Å². The third-order valence-electron chi connectivity index (χ3n) is 0.992. The fraction of sp³-hybridized carbons (Fsp3) is 1.00. The van der Waals surface area contributed by atoms with E-state index in [2.05, 4.69) is 10.1 Å². The molecule has 0 atom stereocenters. The van der Waals surface area contributed by atoms with Gasteiger partial charge in [0.15, 0.2) is 0 Å². The SMILES string of the molecule is CNCC(F)(F)COCC(F)F. The van der Waals surface area contributed by atoms with Crippen molar-refractivity contribution >= 4 is 0 Å².